The first-order valence-corrected chi connectivity index (χ1v) is 28.3. The van der Waals surface area contributed by atoms with Gasteiger partial charge in [0.25, 0.3) is 0 Å². The van der Waals surface area contributed by atoms with E-state index in [1.165, 1.54) is 26.0 Å². The van der Waals surface area contributed by atoms with E-state index >= 15 is 0 Å². The van der Waals surface area contributed by atoms with E-state index in [1.807, 2.05) is 41.5 Å². The first-order chi connectivity index (χ1) is 34.5. The average molecular weight is 1030 g/mol. The fourth-order valence-electron chi connectivity index (χ4n) is 9.45. The molecule has 1 saturated carbocycles. The second-order valence-corrected chi connectivity index (χ2v) is 21.3. The van der Waals surface area contributed by atoms with E-state index in [9.17, 15) is 38.4 Å². The third kappa shape index (κ3) is 22.5. The predicted octanol–water partition coefficient (Wildman–Crippen LogP) is 6.92. The quantitative estimate of drug-likeness (QED) is 0.0512. The van der Waals surface area contributed by atoms with Gasteiger partial charge < -0.3 is 50.5 Å². The first-order valence-electron chi connectivity index (χ1n) is 28.3. The zero-order valence-electron chi connectivity index (χ0n) is 48.3. The van der Waals surface area contributed by atoms with Crippen molar-refractivity contribution in [1.29, 1.82) is 0 Å². The number of unbranched alkanes of at least 4 members (excludes halogenated alkanes) is 1. The highest BCUT2D eigenvalue weighted by Crippen LogP contribution is 2.21. The number of ether oxygens (including phenoxy) is 1. The molecule has 0 aromatic rings. The largest absolute Gasteiger partial charge is 0.444 e. The lowest BCUT2D eigenvalue weighted by molar-refractivity contribution is -0.156. The Bertz CT molecular complexity index is 1700. The monoisotopic (exact) mass is 1030 g/mol. The molecule has 1 fully saturated rings. The van der Waals surface area contributed by atoms with E-state index in [-0.39, 0.29) is 49.9 Å². The summed E-state index contributed by atoms with van der Waals surface area (Å²) in [7, 11) is 0. The fraction of sp³-hybridized carbons (Fsp3) is 0.855. The summed E-state index contributed by atoms with van der Waals surface area (Å²) < 4.78 is 5.35. The van der Waals surface area contributed by atoms with Gasteiger partial charge in [-0.15, -0.1) is 0 Å². The Hall–Kier alpha value is -4.48. The normalized spacial score (nSPS) is 16.2. The van der Waals surface area contributed by atoms with E-state index in [0.29, 0.717) is 71.0 Å². The number of nitrogens with zero attached hydrogens (tertiary/aromatic N) is 5. The molecule has 422 valence electrons. The molecule has 18 heteroatoms. The van der Waals surface area contributed by atoms with Gasteiger partial charge in [-0.05, 0) is 139 Å². The first kappa shape index (κ1) is 66.5. The molecule has 1 aliphatic rings. The van der Waals surface area contributed by atoms with Crippen LogP contribution in [0, 0.1) is 0 Å². The van der Waals surface area contributed by atoms with E-state index < -0.39 is 77.6 Å². The van der Waals surface area contributed by atoms with E-state index in [4.69, 9.17) is 4.74 Å². The topological polar surface area (TPSA) is 210 Å². The molecule has 1 aliphatic carbocycles. The fourth-order valence-corrected chi connectivity index (χ4v) is 9.45. The second kappa shape index (κ2) is 34.9. The number of rotatable bonds is 32. The number of hydrogen-bond acceptors (Lipinski definition) is 10. The van der Waals surface area contributed by atoms with Crippen LogP contribution in [0.15, 0.2) is 0 Å². The molecule has 1 rings (SSSR count). The molecule has 0 heterocycles. The second-order valence-electron chi connectivity index (χ2n) is 21.3. The van der Waals surface area contributed by atoms with Crippen molar-refractivity contribution in [2.24, 2.45) is 0 Å². The van der Waals surface area contributed by atoms with Crippen molar-refractivity contribution < 1.29 is 43.1 Å². The van der Waals surface area contributed by atoms with Gasteiger partial charge in [0, 0.05) is 45.3 Å². The predicted molar refractivity (Wildman–Crippen MR) is 289 cm³/mol. The smallest absolute Gasteiger partial charge is 0.407 e. The maximum Gasteiger partial charge on any atom is 0.407 e. The molecular formula is C55H103N9O9. The molecule has 7 atom stereocenters. The number of carbonyl (C=O) groups is 8. The summed E-state index contributed by atoms with van der Waals surface area (Å²) in [6.45, 7) is 29.3. The standard InChI is InChI=1S/C55H103N9O9/c1-16-32-56-39(7)49(67)61(35-18-3)41(9)51(69)63(37-20-5)43(11)53(71)64(38-21-6)44(12)52(70)62(36-19-4)42(10)50(68)60(34-17-2)40(8)47(65)59-46(31-27-28-33-57-54(72)73-55(13,14)15)48(66)58-45-29-25-23-22-24-26-30-45/h39-46,56H,16-38H2,1-15H3,(H,57,72)(H,58,66)(H,59,65)/t39?,40-,41-,42?,43?,44-,46+/m0/s1. The van der Waals surface area contributed by atoms with Gasteiger partial charge in [0.2, 0.25) is 41.4 Å². The molecule has 3 unspecified atom stereocenters. The molecule has 0 radical (unpaired) electrons. The van der Waals surface area contributed by atoms with Crippen molar-refractivity contribution in [3.05, 3.63) is 0 Å². The van der Waals surface area contributed by atoms with Crippen LogP contribution in [0.3, 0.4) is 0 Å². The van der Waals surface area contributed by atoms with Gasteiger partial charge in [-0.25, -0.2) is 4.79 Å². The molecule has 0 saturated heterocycles. The Kier molecular flexibility index (Phi) is 31.8. The van der Waals surface area contributed by atoms with Crippen molar-refractivity contribution in [2.75, 3.05) is 45.8 Å². The molecule has 4 N–H and O–H groups in total. The van der Waals surface area contributed by atoms with E-state index in [1.54, 1.807) is 67.2 Å². The average Bonchev–Trinajstić information content (AvgIpc) is 3.34. The minimum atomic E-state index is -1.01. The van der Waals surface area contributed by atoms with Crippen LogP contribution in [-0.2, 0) is 38.3 Å². The van der Waals surface area contributed by atoms with Gasteiger partial charge in [-0.2, -0.15) is 0 Å². The highest BCUT2D eigenvalue weighted by molar-refractivity contribution is 5.97. The van der Waals surface area contributed by atoms with Crippen LogP contribution in [0.25, 0.3) is 0 Å². The van der Waals surface area contributed by atoms with Crippen molar-refractivity contribution in [3.63, 3.8) is 0 Å². The Morgan fingerprint density at radius 3 is 1.26 bits per heavy atom. The maximum atomic E-state index is 14.8. The number of alkyl carbamates (subject to hydrolysis) is 1. The number of nitrogens with one attached hydrogen (secondary N) is 4. The van der Waals surface area contributed by atoms with Crippen molar-refractivity contribution in [3.8, 4) is 0 Å². The van der Waals surface area contributed by atoms with E-state index in [0.717, 1.165) is 44.9 Å². The lowest BCUT2D eigenvalue weighted by Crippen LogP contribution is -2.61. The maximum absolute atomic E-state index is 14.8. The molecule has 8 amide bonds. The third-order valence-corrected chi connectivity index (χ3v) is 13.6. The molecule has 0 aromatic carbocycles. The molecular weight excluding hydrogens is 931 g/mol. The minimum Gasteiger partial charge on any atom is -0.444 e. The van der Waals surface area contributed by atoms with Crippen LogP contribution in [0.1, 0.15) is 207 Å². The molecule has 0 aromatic heterocycles. The molecule has 73 heavy (non-hydrogen) atoms. The summed E-state index contributed by atoms with van der Waals surface area (Å²) in [5.41, 5.74) is -0.639. The summed E-state index contributed by atoms with van der Waals surface area (Å²) in [6.07, 6.45) is 11.6. The van der Waals surface area contributed by atoms with Crippen molar-refractivity contribution >= 4 is 47.4 Å². The van der Waals surface area contributed by atoms with Gasteiger partial charge in [0.15, 0.2) is 0 Å². The Balaban J connectivity index is 3.43. The minimum absolute atomic E-state index is 0.00416. The SMILES string of the molecule is CCCNC(C)C(=O)N(CCC)[C@@H](C)C(=O)N(CCC)C(C)C(=O)N(CCC)[C@@H](C)C(=O)N(CCC)C(C)C(=O)N(CCC)[C@@H](C)C(=O)N[C@H](CCCCNC(=O)OC(C)(C)C)C(=O)NC1CCCCCCC1. The van der Waals surface area contributed by atoms with Crippen molar-refractivity contribution in [2.45, 2.75) is 261 Å². The molecule has 18 nitrogen and oxygen atoms in total. The number of carbonyl (C=O) groups excluding carboxylic acids is 8. The lowest BCUT2D eigenvalue weighted by atomic mass is 9.96. The third-order valence-electron chi connectivity index (χ3n) is 13.6. The molecule has 0 aliphatic heterocycles. The van der Waals surface area contributed by atoms with Crippen LogP contribution in [0.5, 0.6) is 0 Å². The lowest BCUT2D eigenvalue weighted by Gasteiger charge is -2.40. The van der Waals surface area contributed by atoms with Crippen LogP contribution in [0.2, 0.25) is 0 Å². The van der Waals surface area contributed by atoms with E-state index in [2.05, 4.69) is 21.3 Å². The summed E-state index contributed by atoms with van der Waals surface area (Å²) >= 11 is 0. The zero-order valence-corrected chi connectivity index (χ0v) is 48.3. The van der Waals surface area contributed by atoms with Crippen LogP contribution in [-0.4, -0.2) is 172 Å². The van der Waals surface area contributed by atoms with Gasteiger partial charge in [-0.3, -0.25) is 33.6 Å². The Morgan fingerprint density at radius 2 is 0.877 bits per heavy atom. The van der Waals surface area contributed by atoms with Gasteiger partial charge >= 0.3 is 6.09 Å². The van der Waals surface area contributed by atoms with Gasteiger partial charge in [0.05, 0.1) is 6.04 Å². The van der Waals surface area contributed by atoms with Gasteiger partial charge in [0.1, 0.15) is 41.9 Å². The van der Waals surface area contributed by atoms with Gasteiger partial charge in [-0.1, -0.05) is 73.6 Å². The summed E-state index contributed by atoms with van der Waals surface area (Å²) in [5.74, 6) is -2.61. The molecule has 0 spiro atoms. The highest BCUT2D eigenvalue weighted by Gasteiger charge is 2.41. The Morgan fingerprint density at radius 1 is 0.493 bits per heavy atom. The van der Waals surface area contributed by atoms with Crippen molar-refractivity contribution in [1.82, 2.24) is 45.8 Å². The zero-order chi connectivity index (χ0) is 55.4. The summed E-state index contributed by atoms with van der Waals surface area (Å²) in [4.78, 5) is 120. The summed E-state index contributed by atoms with van der Waals surface area (Å²) in [6, 6.07) is -6.19. The number of amides is 8. The van der Waals surface area contributed by atoms with Crippen LogP contribution < -0.4 is 21.3 Å². The molecule has 0 bridgehead atoms. The van der Waals surface area contributed by atoms with Crippen LogP contribution in [0.4, 0.5) is 4.79 Å². The van der Waals surface area contributed by atoms with Crippen LogP contribution >= 0.6 is 0 Å². The number of hydrogen-bond donors (Lipinski definition) is 4. The Labute approximate surface area is 441 Å². The highest BCUT2D eigenvalue weighted by atomic mass is 16.6. The summed E-state index contributed by atoms with van der Waals surface area (Å²) in [5, 5.41) is 12.2.